The molecule has 3 amide bonds. The number of amides is 3. The van der Waals surface area contributed by atoms with E-state index in [9.17, 15) is 14.4 Å². The third kappa shape index (κ3) is 2.74. The number of likely N-dealkylation sites (tertiary alicyclic amines) is 1. The molecule has 1 aromatic carbocycles. The topological polar surface area (TPSA) is 87.7 Å². The number of nitrogens with zero attached hydrogens (tertiary/aromatic N) is 1. The Bertz CT molecular complexity index is 868. The molecule has 156 valence electrons. The lowest BCUT2D eigenvalue weighted by atomic mass is 9.76. The summed E-state index contributed by atoms with van der Waals surface area (Å²) in [4.78, 5) is 41.4. The fourth-order valence-electron chi connectivity index (χ4n) is 5.36. The number of ether oxygens (including phenoxy) is 1. The van der Waals surface area contributed by atoms with Crippen LogP contribution in [-0.4, -0.2) is 48.9 Å². The second kappa shape index (κ2) is 7.22. The number of nitrogens with one attached hydrogen (secondary N) is 2. The summed E-state index contributed by atoms with van der Waals surface area (Å²) in [5.74, 6) is -1.65. The number of aryl methyl sites for hydroxylation is 1. The third-order valence-electron chi connectivity index (χ3n) is 6.55. The molecule has 3 heterocycles. The average molecular weight is 399 g/mol. The lowest BCUT2D eigenvalue weighted by molar-refractivity contribution is -0.143. The minimum atomic E-state index is -1.20. The zero-order valence-corrected chi connectivity index (χ0v) is 17.5. The second-order valence-corrected chi connectivity index (χ2v) is 8.66. The van der Waals surface area contributed by atoms with Crippen molar-refractivity contribution in [3.05, 3.63) is 29.3 Å². The van der Waals surface area contributed by atoms with E-state index in [0.29, 0.717) is 5.92 Å². The van der Waals surface area contributed by atoms with Crippen molar-refractivity contribution < 1.29 is 19.1 Å². The average Bonchev–Trinajstić information content (AvgIpc) is 3.25. The summed E-state index contributed by atoms with van der Waals surface area (Å²) in [6.45, 7) is 6.72. The Kier molecular flexibility index (Phi) is 4.99. The van der Waals surface area contributed by atoms with Crippen molar-refractivity contribution in [1.29, 1.82) is 0 Å². The van der Waals surface area contributed by atoms with E-state index in [2.05, 4.69) is 24.5 Å². The minimum absolute atomic E-state index is 0.194. The highest BCUT2D eigenvalue weighted by Gasteiger charge is 2.70. The van der Waals surface area contributed by atoms with Gasteiger partial charge in [0, 0.05) is 24.4 Å². The second-order valence-electron chi connectivity index (χ2n) is 8.66. The molecule has 1 spiro atoms. The Labute approximate surface area is 171 Å². The van der Waals surface area contributed by atoms with Crippen LogP contribution >= 0.6 is 0 Å². The number of carbonyl (C=O) groups is 3. The lowest BCUT2D eigenvalue weighted by Gasteiger charge is -2.30. The molecule has 0 unspecified atom stereocenters. The summed E-state index contributed by atoms with van der Waals surface area (Å²) in [7, 11) is 1.55. The van der Waals surface area contributed by atoms with E-state index in [1.54, 1.807) is 7.11 Å². The van der Waals surface area contributed by atoms with Gasteiger partial charge in [-0.3, -0.25) is 24.6 Å². The van der Waals surface area contributed by atoms with Crippen molar-refractivity contribution >= 4 is 23.4 Å². The van der Waals surface area contributed by atoms with Crippen LogP contribution in [0.5, 0.6) is 0 Å². The van der Waals surface area contributed by atoms with E-state index >= 15 is 0 Å². The van der Waals surface area contributed by atoms with Gasteiger partial charge in [-0.2, -0.15) is 0 Å². The summed E-state index contributed by atoms with van der Waals surface area (Å²) in [6.07, 6.45) is 1.49. The molecule has 2 saturated heterocycles. The molecule has 2 N–H and O–H groups in total. The molecule has 7 heteroatoms. The van der Waals surface area contributed by atoms with Gasteiger partial charge in [-0.05, 0) is 24.3 Å². The van der Waals surface area contributed by atoms with Crippen LogP contribution in [0, 0.1) is 17.8 Å². The number of para-hydroxylation sites is 1. The van der Waals surface area contributed by atoms with Crippen LogP contribution < -0.4 is 10.6 Å². The highest BCUT2D eigenvalue weighted by Crippen LogP contribution is 2.54. The van der Waals surface area contributed by atoms with Crippen LogP contribution in [0.15, 0.2) is 18.2 Å². The first-order chi connectivity index (χ1) is 13.9. The quantitative estimate of drug-likeness (QED) is 0.711. The van der Waals surface area contributed by atoms with E-state index in [1.165, 1.54) is 4.90 Å². The van der Waals surface area contributed by atoms with Crippen molar-refractivity contribution in [1.82, 2.24) is 10.2 Å². The lowest BCUT2D eigenvalue weighted by Crippen LogP contribution is -2.53. The third-order valence-corrected chi connectivity index (χ3v) is 6.55. The van der Waals surface area contributed by atoms with Crippen molar-refractivity contribution in [3.63, 3.8) is 0 Å². The number of fused-ring (bicyclic) bond motifs is 4. The van der Waals surface area contributed by atoms with Crippen LogP contribution in [-0.2, 0) is 31.1 Å². The molecular weight excluding hydrogens is 370 g/mol. The minimum Gasteiger partial charge on any atom is -0.383 e. The van der Waals surface area contributed by atoms with Crippen molar-refractivity contribution in [2.75, 3.05) is 25.6 Å². The number of hydrogen-bond donors (Lipinski definition) is 2. The van der Waals surface area contributed by atoms with Crippen LogP contribution in [0.4, 0.5) is 5.69 Å². The van der Waals surface area contributed by atoms with E-state index < -0.39 is 17.4 Å². The number of anilines is 1. The van der Waals surface area contributed by atoms with Gasteiger partial charge in [0.2, 0.25) is 17.7 Å². The number of benzene rings is 1. The van der Waals surface area contributed by atoms with Gasteiger partial charge in [0.05, 0.1) is 25.0 Å². The fourth-order valence-corrected chi connectivity index (χ4v) is 5.36. The molecule has 0 radical (unpaired) electrons. The molecule has 1 aromatic rings. The maximum Gasteiger partial charge on any atom is 0.250 e. The molecule has 0 saturated carbocycles. The monoisotopic (exact) mass is 399 g/mol. The number of carbonyl (C=O) groups excluding carboxylic acids is 3. The molecule has 0 aliphatic carbocycles. The zero-order chi connectivity index (χ0) is 20.9. The molecule has 2 fully saturated rings. The molecule has 29 heavy (non-hydrogen) atoms. The highest BCUT2D eigenvalue weighted by molar-refractivity contribution is 6.15. The van der Waals surface area contributed by atoms with E-state index in [1.807, 2.05) is 25.1 Å². The Morgan fingerprint density at radius 3 is 2.62 bits per heavy atom. The smallest absolute Gasteiger partial charge is 0.250 e. The largest absolute Gasteiger partial charge is 0.383 e. The molecule has 4 atom stereocenters. The predicted octanol–water partition coefficient (Wildman–Crippen LogP) is 1.66. The fraction of sp³-hybridized carbons (Fsp3) is 0.591. The maximum atomic E-state index is 13.4. The SMILES string of the molecule is CCc1cccc2c1NC(=O)[C@]21N[C@H](CC(C)C)[C@H]2C(=O)N(CCOC)C(=O)[C@H]21. The maximum absolute atomic E-state index is 13.4. The van der Waals surface area contributed by atoms with E-state index in [4.69, 9.17) is 4.74 Å². The number of imide groups is 1. The summed E-state index contributed by atoms with van der Waals surface area (Å²) in [6, 6.07) is 5.59. The van der Waals surface area contributed by atoms with E-state index in [0.717, 1.165) is 29.7 Å². The van der Waals surface area contributed by atoms with Gasteiger partial charge in [0.25, 0.3) is 0 Å². The first kappa shape index (κ1) is 20.0. The van der Waals surface area contributed by atoms with Gasteiger partial charge in [-0.1, -0.05) is 39.0 Å². The zero-order valence-electron chi connectivity index (χ0n) is 17.5. The van der Waals surface area contributed by atoms with Crippen LogP contribution in [0.1, 0.15) is 38.3 Å². The first-order valence-electron chi connectivity index (χ1n) is 10.4. The van der Waals surface area contributed by atoms with Crippen molar-refractivity contribution in [3.8, 4) is 0 Å². The predicted molar refractivity (Wildman–Crippen MR) is 108 cm³/mol. The van der Waals surface area contributed by atoms with Gasteiger partial charge in [0.15, 0.2) is 0 Å². The molecule has 7 nitrogen and oxygen atoms in total. The summed E-state index contributed by atoms with van der Waals surface area (Å²) in [5.41, 5.74) is 1.41. The molecule has 4 rings (SSSR count). The van der Waals surface area contributed by atoms with Crippen LogP contribution in [0.2, 0.25) is 0 Å². The Morgan fingerprint density at radius 2 is 1.97 bits per heavy atom. The number of hydrogen-bond acceptors (Lipinski definition) is 5. The summed E-state index contributed by atoms with van der Waals surface area (Å²) >= 11 is 0. The highest BCUT2D eigenvalue weighted by atomic mass is 16.5. The number of rotatable bonds is 6. The summed E-state index contributed by atoms with van der Waals surface area (Å²) < 4.78 is 5.10. The molecule has 3 aliphatic rings. The number of methoxy groups -OCH3 is 1. The standard InChI is InChI=1S/C22H29N3O4/c1-5-13-7-6-8-14-18(13)23-21(28)22(14)17-16(15(24-22)11-12(2)3)19(26)25(20(17)27)9-10-29-4/h6-8,12,15-17,24H,5,9-11H2,1-4H3,(H,23,28)/t15-,16-,17+,22+/m1/s1. The van der Waals surface area contributed by atoms with Gasteiger partial charge in [0.1, 0.15) is 5.54 Å². The van der Waals surface area contributed by atoms with Gasteiger partial charge >= 0.3 is 0 Å². The van der Waals surface area contributed by atoms with Gasteiger partial charge < -0.3 is 10.1 Å². The molecular formula is C22H29N3O4. The van der Waals surface area contributed by atoms with Crippen LogP contribution in [0.25, 0.3) is 0 Å². The van der Waals surface area contributed by atoms with Gasteiger partial charge in [-0.25, -0.2) is 0 Å². The first-order valence-corrected chi connectivity index (χ1v) is 10.4. The van der Waals surface area contributed by atoms with Gasteiger partial charge in [-0.15, -0.1) is 0 Å². The Morgan fingerprint density at radius 1 is 1.21 bits per heavy atom. The van der Waals surface area contributed by atoms with Crippen molar-refractivity contribution in [2.45, 2.75) is 45.2 Å². The molecule has 0 aromatic heterocycles. The molecule has 0 bridgehead atoms. The van der Waals surface area contributed by atoms with Crippen LogP contribution in [0.3, 0.4) is 0 Å². The Balaban J connectivity index is 1.84. The normalized spacial score (nSPS) is 30.4. The van der Waals surface area contributed by atoms with Crippen molar-refractivity contribution in [2.24, 2.45) is 17.8 Å². The molecule has 3 aliphatic heterocycles. The van der Waals surface area contributed by atoms with E-state index in [-0.39, 0.29) is 36.9 Å². The summed E-state index contributed by atoms with van der Waals surface area (Å²) in [5, 5.41) is 6.50. The Hall–Kier alpha value is -2.25.